The summed E-state index contributed by atoms with van der Waals surface area (Å²) < 4.78 is 39.2. The fourth-order valence-corrected chi connectivity index (χ4v) is 3.52. The second-order valence-electron chi connectivity index (χ2n) is 8.76. The summed E-state index contributed by atoms with van der Waals surface area (Å²) in [6.07, 6.45) is -1.52. The summed E-state index contributed by atoms with van der Waals surface area (Å²) in [6, 6.07) is 11.8. The highest BCUT2D eigenvalue weighted by Gasteiger charge is 2.30. The van der Waals surface area contributed by atoms with E-state index in [0.717, 1.165) is 41.9 Å². The third-order valence-electron chi connectivity index (χ3n) is 5.80. The van der Waals surface area contributed by atoms with Gasteiger partial charge in [0.25, 0.3) is 11.5 Å². The third kappa shape index (κ3) is 7.05. The zero-order valence-corrected chi connectivity index (χ0v) is 20.0. The zero-order chi connectivity index (χ0) is 27.3. The van der Waals surface area contributed by atoms with E-state index in [-0.39, 0.29) is 43.1 Å². The average Bonchev–Trinajstić information content (AvgIpc) is 3.74. The molecule has 3 N–H and O–H groups in total. The molecule has 2 aromatic carbocycles. The second-order valence-corrected chi connectivity index (χ2v) is 8.76. The molecule has 0 radical (unpaired) electrons. The van der Waals surface area contributed by atoms with Crippen LogP contribution in [0.3, 0.4) is 0 Å². The van der Waals surface area contributed by atoms with Crippen molar-refractivity contribution in [1.82, 2.24) is 20.2 Å². The van der Waals surface area contributed by atoms with Crippen molar-refractivity contribution < 1.29 is 27.6 Å². The highest BCUT2D eigenvalue weighted by atomic mass is 19.4. The first kappa shape index (κ1) is 26.6. The molecule has 0 atom stereocenters. The first-order chi connectivity index (χ1) is 18.1. The van der Waals surface area contributed by atoms with E-state index in [4.69, 9.17) is 0 Å². The predicted octanol–water partition coefficient (Wildman–Crippen LogP) is 2.82. The standard InChI is InChI=1S/C26H24F3N5O4/c27-26(28,29)19-7-3-16(4-8-19)21-13-23(36)34(15-32-21)14-22(35)30-11-12-31-24(37)17-5-9-20(10-6-17)33-25(38)18-1-2-18/h3-10,13,15,18H,1-2,11-12,14H2,(H,30,35)(H,31,37)(H,33,38). The van der Waals surface area contributed by atoms with Crippen molar-refractivity contribution in [2.75, 3.05) is 18.4 Å². The number of carbonyl (C=O) groups excluding carboxylic acids is 3. The van der Waals surface area contributed by atoms with Crippen LogP contribution in [0.4, 0.5) is 18.9 Å². The molecular weight excluding hydrogens is 503 g/mol. The molecule has 1 fully saturated rings. The summed E-state index contributed by atoms with van der Waals surface area (Å²) in [6.45, 7) is -0.0578. The Morgan fingerprint density at radius 1 is 0.947 bits per heavy atom. The Morgan fingerprint density at radius 2 is 1.61 bits per heavy atom. The Kier molecular flexibility index (Phi) is 7.89. The second kappa shape index (κ2) is 11.3. The van der Waals surface area contributed by atoms with E-state index in [0.29, 0.717) is 16.8 Å². The summed E-state index contributed by atoms with van der Waals surface area (Å²) >= 11 is 0. The van der Waals surface area contributed by atoms with Crippen molar-refractivity contribution >= 4 is 23.4 Å². The molecule has 4 rings (SSSR count). The lowest BCUT2D eigenvalue weighted by molar-refractivity contribution is -0.137. The number of benzene rings is 2. The molecule has 1 aliphatic rings. The van der Waals surface area contributed by atoms with E-state index in [1.165, 1.54) is 12.1 Å². The van der Waals surface area contributed by atoms with E-state index < -0.39 is 23.2 Å². The topological polar surface area (TPSA) is 122 Å². The summed E-state index contributed by atoms with van der Waals surface area (Å²) in [4.78, 5) is 52.7. The van der Waals surface area contributed by atoms with Gasteiger partial charge in [-0.2, -0.15) is 13.2 Å². The van der Waals surface area contributed by atoms with Gasteiger partial charge in [-0.1, -0.05) is 12.1 Å². The molecule has 3 amide bonds. The van der Waals surface area contributed by atoms with Gasteiger partial charge in [0.05, 0.1) is 17.6 Å². The molecule has 1 heterocycles. The molecule has 9 nitrogen and oxygen atoms in total. The van der Waals surface area contributed by atoms with Crippen molar-refractivity contribution in [3.63, 3.8) is 0 Å². The largest absolute Gasteiger partial charge is 0.416 e. The Morgan fingerprint density at radius 3 is 2.21 bits per heavy atom. The van der Waals surface area contributed by atoms with Gasteiger partial charge in [-0.05, 0) is 49.2 Å². The summed E-state index contributed by atoms with van der Waals surface area (Å²) in [5.74, 6) is -0.777. The number of aromatic nitrogens is 2. The quantitative estimate of drug-likeness (QED) is 0.370. The molecule has 0 saturated heterocycles. The number of hydrogen-bond acceptors (Lipinski definition) is 5. The van der Waals surface area contributed by atoms with Gasteiger partial charge in [0.1, 0.15) is 6.54 Å². The van der Waals surface area contributed by atoms with Crippen LogP contribution in [0, 0.1) is 5.92 Å². The number of anilines is 1. The molecule has 198 valence electrons. The maximum atomic E-state index is 12.7. The smallest absolute Gasteiger partial charge is 0.353 e. The van der Waals surface area contributed by atoms with Crippen molar-refractivity contribution in [2.24, 2.45) is 5.92 Å². The summed E-state index contributed by atoms with van der Waals surface area (Å²) in [7, 11) is 0. The molecular formula is C26H24F3N5O4. The lowest BCUT2D eigenvalue weighted by Gasteiger charge is -2.10. The normalized spacial score (nSPS) is 13.0. The van der Waals surface area contributed by atoms with Crippen molar-refractivity contribution in [2.45, 2.75) is 25.6 Å². The molecule has 1 saturated carbocycles. The molecule has 0 bridgehead atoms. The summed E-state index contributed by atoms with van der Waals surface area (Å²) in [5, 5.41) is 8.04. The Balaban J connectivity index is 1.21. The van der Waals surface area contributed by atoms with Crippen molar-refractivity contribution in [1.29, 1.82) is 0 Å². The number of hydrogen-bond donors (Lipinski definition) is 3. The molecule has 0 unspecified atom stereocenters. The molecule has 1 aliphatic carbocycles. The lowest BCUT2D eigenvalue weighted by Crippen LogP contribution is -2.37. The molecule has 3 aromatic rings. The molecule has 0 spiro atoms. The predicted molar refractivity (Wildman–Crippen MR) is 132 cm³/mol. The van der Waals surface area contributed by atoms with Gasteiger partial charge in [0.2, 0.25) is 11.8 Å². The van der Waals surface area contributed by atoms with Crippen molar-refractivity contribution in [3.05, 3.63) is 82.4 Å². The van der Waals surface area contributed by atoms with E-state index in [2.05, 4.69) is 20.9 Å². The minimum atomic E-state index is -4.47. The van der Waals surface area contributed by atoms with E-state index >= 15 is 0 Å². The number of alkyl halides is 3. The first-order valence-corrected chi connectivity index (χ1v) is 11.8. The average molecular weight is 528 g/mol. The van der Waals surface area contributed by atoms with Crippen LogP contribution in [0.1, 0.15) is 28.8 Å². The Bertz CT molecular complexity index is 1380. The molecule has 12 heteroatoms. The summed E-state index contributed by atoms with van der Waals surface area (Å²) in [5.41, 5.74) is 0.167. The fourth-order valence-electron chi connectivity index (χ4n) is 3.52. The fraction of sp³-hybridized carbons (Fsp3) is 0.269. The van der Waals surface area contributed by atoms with E-state index in [9.17, 15) is 32.3 Å². The van der Waals surface area contributed by atoms with Crippen LogP contribution >= 0.6 is 0 Å². The zero-order valence-electron chi connectivity index (χ0n) is 20.0. The number of carbonyl (C=O) groups is 3. The number of nitrogens with zero attached hydrogens (tertiary/aromatic N) is 2. The minimum absolute atomic E-state index is 0.0221. The third-order valence-corrected chi connectivity index (χ3v) is 5.80. The van der Waals surface area contributed by atoms with Crippen LogP contribution in [-0.2, 0) is 22.3 Å². The maximum Gasteiger partial charge on any atom is 0.416 e. The van der Waals surface area contributed by atoms with Crippen LogP contribution in [0.5, 0.6) is 0 Å². The van der Waals surface area contributed by atoms with Crippen LogP contribution in [-0.4, -0.2) is 40.4 Å². The minimum Gasteiger partial charge on any atom is -0.353 e. The van der Waals surface area contributed by atoms with Gasteiger partial charge in [-0.25, -0.2) is 4.98 Å². The molecule has 0 aliphatic heterocycles. The van der Waals surface area contributed by atoms with Crippen LogP contribution < -0.4 is 21.5 Å². The van der Waals surface area contributed by atoms with Crippen molar-refractivity contribution in [3.8, 4) is 11.3 Å². The van der Waals surface area contributed by atoms with Crippen LogP contribution in [0.2, 0.25) is 0 Å². The maximum absolute atomic E-state index is 12.7. The van der Waals surface area contributed by atoms with Gasteiger partial charge in [0.15, 0.2) is 0 Å². The van der Waals surface area contributed by atoms with Gasteiger partial charge in [-0.15, -0.1) is 0 Å². The number of amides is 3. The van der Waals surface area contributed by atoms with Gasteiger partial charge in [0, 0.05) is 41.9 Å². The van der Waals surface area contributed by atoms with Crippen LogP contribution in [0.25, 0.3) is 11.3 Å². The molecule has 1 aromatic heterocycles. The van der Waals surface area contributed by atoms with Gasteiger partial charge >= 0.3 is 6.18 Å². The highest BCUT2D eigenvalue weighted by Crippen LogP contribution is 2.31. The van der Waals surface area contributed by atoms with Gasteiger partial charge < -0.3 is 16.0 Å². The van der Waals surface area contributed by atoms with E-state index in [1.807, 2.05) is 0 Å². The SMILES string of the molecule is O=C(Cn1cnc(-c2ccc(C(F)(F)F)cc2)cc1=O)NCCNC(=O)c1ccc(NC(=O)C2CC2)cc1. The Labute approximate surface area is 215 Å². The van der Waals surface area contributed by atoms with E-state index in [1.54, 1.807) is 24.3 Å². The number of rotatable bonds is 9. The number of nitrogens with one attached hydrogen (secondary N) is 3. The Hall–Kier alpha value is -4.48. The van der Waals surface area contributed by atoms with Crippen LogP contribution in [0.15, 0.2) is 65.7 Å². The molecule has 38 heavy (non-hydrogen) atoms. The highest BCUT2D eigenvalue weighted by molar-refractivity contribution is 5.96. The number of halogens is 3. The monoisotopic (exact) mass is 527 g/mol. The lowest BCUT2D eigenvalue weighted by atomic mass is 10.1. The van der Waals surface area contributed by atoms with Gasteiger partial charge in [-0.3, -0.25) is 23.7 Å². The first-order valence-electron chi connectivity index (χ1n) is 11.8.